The van der Waals surface area contributed by atoms with Gasteiger partial charge in [0.2, 0.25) is 0 Å². The maximum absolute atomic E-state index is 5.79. The highest BCUT2D eigenvalue weighted by Crippen LogP contribution is 2.52. The molecule has 1 aliphatic heterocycles. The predicted molar refractivity (Wildman–Crippen MR) is 119 cm³/mol. The third kappa shape index (κ3) is 3.29. The van der Waals surface area contributed by atoms with Gasteiger partial charge in [-0.1, -0.05) is 31.1 Å². The number of thiazole rings is 1. The molecule has 2 aliphatic rings. The van der Waals surface area contributed by atoms with Crippen molar-refractivity contribution in [3.05, 3.63) is 24.7 Å². The summed E-state index contributed by atoms with van der Waals surface area (Å²) in [5.74, 6) is 1.84. The highest BCUT2D eigenvalue weighted by Gasteiger charge is 2.47. The smallest absolute Gasteiger partial charge is 0.186 e. The molecule has 0 radical (unpaired) electrons. The van der Waals surface area contributed by atoms with E-state index in [2.05, 4.69) is 32.1 Å². The highest BCUT2D eigenvalue weighted by atomic mass is 32.1. The monoisotopic (exact) mass is 409 g/mol. The average Bonchev–Trinajstić information content (AvgIpc) is 3.33. The first-order valence-corrected chi connectivity index (χ1v) is 11.4. The van der Waals surface area contributed by atoms with Gasteiger partial charge in [0.25, 0.3) is 0 Å². The zero-order valence-electron chi connectivity index (χ0n) is 16.8. The van der Waals surface area contributed by atoms with Crippen molar-refractivity contribution in [2.24, 2.45) is 5.41 Å². The SMILES string of the molecule is CCCC12CCCC1N(c1nc3ccnc(Nc4cc(N)ncn4)c3s1)CCC2. The topological polar surface area (TPSA) is 92.9 Å². The van der Waals surface area contributed by atoms with Gasteiger partial charge in [-0.05, 0) is 43.6 Å². The molecular formula is C21H27N7S. The van der Waals surface area contributed by atoms with Crippen molar-refractivity contribution in [1.82, 2.24) is 19.9 Å². The van der Waals surface area contributed by atoms with Crippen molar-refractivity contribution in [2.45, 2.75) is 57.9 Å². The van der Waals surface area contributed by atoms with Crippen molar-refractivity contribution in [2.75, 3.05) is 22.5 Å². The number of aromatic nitrogens is 4. The fourth-order valence-corrected chi connectivity index (χ4v) is 6.50. The largest absolute Gasteiger partial charge is 0.384 e. The lowest BCUT2D eigenvalue weighted by Crippen LogP contribution is -2.49. The van der Waals surface area contributed by atoms with Gasteiger partial charge >= 0.3 is 0 Å². The minimum Gasteiger partial charge on any atom is -0.384 e. The number of nitrogens with two attached hydrogens (primary N) is 1. The molecule has 2 atom stereocenters. The van der Waals surface area contributed by atoms with Crippen LogP contribution in [0.15, 0.2) is 24.7 Å². The second kappa shape index (κ2) is 7.40. The maximum atomic E-state index is 5.79. The predicted octanol–water partition coefficient (Wildman–Crippen LogP) is 4.75. The molecular weight excluding hydrogens is 382 g/mol. The van der Waals surface area contributed by atoms with Gasteiger partial charge in [-0.3, -0.25) is 0 Å². The number of fused-ring (bicyclic) bond motifs is 2. The van der Waals surface area contributed by atoms with Gasteiger partial charge in [-0.15, -0.1) is 0 Å². The Balaban J connectivity index is 1.49. The molecule has 0 spiro atoms. The maximum Gasteiger partial charge on any atom is 0.186 e. The lowest BCUT2D eigenvalue weighted by Gasteiger charge is -2.46. The summed E-state index contributed by atoms with van der Waals surface area (Å²) < 4.78 is 1.06. The Morgan fingerprint density at radius 1 is 1.28 bits per heavy atom. The molecule has 8 heteroatoms. The van der Waals surface area contributed by atoms with E-state index in [9.17, 15) is 0 Å². The number of nitrogens with one attached hydrogen (secondary N) is 1. The van der Waals surface area contributed by atoms with Crippen LogP contribution in [0.3, 0.4) is 0 Å². The second-order valence-electron chi connectivity index (χ2n) is 8.27. The molecule has 1 saturated carbocycles. The molecule has 1 aliphatic carbocycles. The Kier molecular flexibility index (Phi) is 4.73. The van der Waals surface area contributed by atoms with Crippen LogP contribution in [0.25, 0.3) is 10.2 Å². The van der Waals surface area contributed by atoms with Crippen LogP contribution in [0.4, 0.5) is 22.6 Å². The van der Waals surface area contributed by atoms with E-state index >= 15 is 0 Å². The molecule has 2 fully saturated rings. The average molecular weight is 410 g/mol. The number of nitrogen functional groups attached to an aromatic ring is 1. The van der Waals surface area contributed by atoms with Crippen LogP contribution in [-0.4, -0.2) is 32.5 Å². The summed E-state index contributed by atoms with van der Waals surface area (Å²) in [5.41, 5.74) is 7.25. The molecule has 3 N–H and O–H groups in total. The number of hydrogen-bond donors (Lipinski definition) is 2. The normalized spacial score (nSPS) is 24.0. The van der Waals surface area contributed by atoms with E-state index in [-0.39, 0.29) is 0 Å². The number of nitrogens with zero attached hydrogens (tertiary/aromatic N) is 5. The second-order valence-corrected chi connectivity index (χ2v) is 9.25. The first kappa shape index (κ1) is 18.5. The van der Waals surface area contributed by atoms with Crippen molar-refractivity contribution in [1.29, 1.82) is 0 Å². The third-order valence-corrected chi connectivity index (χ3v) is 7.65. The minimum atomic E-state index is 0.432. The van der Waals surface area contributed by atoms with Crippen LogP contribution < -0.4 is 16.0 Å². The standard InChI is InChI=1S/C21H27N7S/c1-2-7-21-8-3-5-15(21)28(11-4-9-21)20-26-14-6-10-23-19(18(14)29-20)27-17-12-16(22)24-13-25-17/h6,10,12-13,15H,2-5,7-9,11H2,1H3,(H3,22,23,24,25,27). The first-order valence-electron chi connectivity index (χ1n) is 10.6. The molecule has 7 nitrogen and oxygen atoms in total. The quantitative estimate of drug-likeness (QED) is 0.628. The Labute approximate surface area is 174 Å². The van der Waals surface area contributed by atoms with E-state index in [1.807, 2.05) is 6.07 Å². The zero-order valence-corrected chi connectivity index (χ0v) is 17.6. The minimum absolute atomic E-state index is 0.432. The number of hydrogen-bond acceptors (Lipinski definition) is 8. The Morgan fingerprint density at radius 3 is 3.03 bits per heavy atom. The van der Waals surface area contributed by atoms with Gasteiger partial charge in [0, 0.05) is 24.8 Å². The highest BCUT2D eigenvalue weighted by molar-refractivity contribution is 7.22. The van der Waals surface area contributed by atoms with E-state index in [0.717, 1.165) is 27.7 Å². The summed E-state index contributed by atoms with van der Waals surface area (Å²) in [7, 11) is 0. The van der Waals surface area contributed by atoms with Gasteiger partial charge in [-0.25, -0.2) is 19.9 Å². The summed E-state index contributed by atoms with van der Waals surface area (Å²) in [6.45, 7) is 3.43. The Morgan fingerprint density at radius 2 is 2.17 bits per heavy atom. The lowest BCUT2D eigenvalue weighted by atomic mass is 9.72. The molecule has 152 valence electrons. The van der Waals surface area contributed by atoms with Gasteiger partial charge in [0.1, 0.15) is 18.0 Å². The summed E-state index contributed by atoms with van der Waals surface area (Å²) in [4.78, 5) is 20.3. The fraction of sp³-hybridized carbons (Fsp3) is 0.524. The molecule has 0 bridgehead atoms. The molecule has 5 rings (SSSR count). The lowest BCUT2D eigenvalue weighted by molar-refractivity contribution is 0.174. The van der Waals surface area contributed by atoms with Crippen LogP contribution in [-0.2, 0) is 0 Å². The number of piperidine rings is 1. The summed E-state index contributed by atoms with van der Waals surface area (Å²) >= 11 is 1.73. The molecule has 1 saturated heterocycles. The van der Waals surface area contributed by atoms with Crippen LogP contribution in [0.2, 0.25) is 0 Å². The molecule has 29 heavy (non-hydrogen) atoms. The van der Waals surface area contributed by atoms with Crippen LogP contribution in [0.5, 0.6) is 0 Å². The molecule has 2 unspecified atom stereocenters. The van der Waals surface area contributed by atoms with Gasteiger partial charge in [0.15, 0.2) is 10.9 Å². The fourth-order valence-electron chi connectivity index (χ4n) is 5.42. The number of anilines is 4. The van der Waals surface area contributed by atoms with Gasteiger partial charge in [0.05, 0.1) is 10.2 Å². The van der Waals surface area contributed by atoms with Crippen LogP contribution >= 0.6 is 11.3 Å². The summed E-state index contributed by atoms with van der Waals surface area (Å²) in [6, 6.07) is 4.33. The summed E-state index contributed by atoms with van der Waals surface area (Å²) in [6.07, 6.45) is 12.5. The van der Waals surface area contributed by atoms with E-state index in [4.69, 9.17) is 10.7 Å². The molecule has 0 amide bonds. The van der Waals surface area contributed by atoms with Crippen molar-refractivity contribution in [3.63, 3.8) is 0 Å². The zero-order chi connectivity index (χ0) is 19.8. The molecule has 3 aromatic rings. The van der Waals surface area contributed by atoms with Crippen molar-refractivity contribution < 1.29 is 0 Å². The van der Waals surface area contributed by atoms with E-state index < -0.39 is 0 Å². The Hall–Kier alpha value is -2.48. The Bertz CT molecular complexity index is 1020. The molecule has 3 aromatic heterocycles. The van der Waals surface area contributed by atoms with Gasteiger partial charge in [-0.2, -0.15) is 0 Å². The first-order chi connectivity index (χ1) is 14.2. The van der Waals surface area contributed by atoms with E-state index in [1.54, 1.807) is 23.6 Å². The molecule has 0 aromatic carbocycles. The van der Waals surface area contributed by atoms with Crippen LogP contribution in [0.1, 0.15) is 51.9 Å². The van der Waals surface area contributed by atoms with E-state index in [1.165, 1.54) is 51.3 Å². The number of pyridine rings is 1. The van der Waals surface area contributed by atoms with Crippen LogP contribution in [0, 0.1) is 5.41 Å². The van der Waals surface area contributed by atoms with E-state index in [0.29, 0.717) is 23.1 Å². The van der Waals surface area contributed by atoms with Crippen molar-refractivity contribution >= 4 is 44.1 Å². The number of rotatable bonds is 5. The summed E-state index contributed by atoms with van der Waals surface area (Å²) in [5, 5.41) is 4.42. The molecule has 4 heterocycles. The van der Waals surface area contributed by atoms with Gasteiger partial charge < -0.3 is 16.0 Å². The third-order valence-electron chi connectivity index (χ3n) is 6.53. The van der Waals surface area contributed by atoms with Crippen molar-refractivity contribution in [3.8, 4) is 0 Å².